The summed E-state index contributed by atoms with van der Waals surface area (Å²) in [5, 5.41) is 3.41. The first-order chi connectivity index (χ1) is 7.66. The van der Waals surface area contributed by atoms with Gasteiger partial charge < -0.3 is 10.2 Å². The summed E-state index contributed by atoms with van der Waals surface area (Å²) in [5.41, 5.74) is 0.145. The zero-order chi connectivity index (χ0) is 13.5. The number of nitrogens with zero attached hydrogens (tertiary/aromatic N) is 1. The molecule has 0 atom stereocenters. The highest BCUT2D eigenvalue weighted by Gasteiger charge is 2.10. The van der Waals surface area contributed by atoms with E-state index in [9.17, 15) is 8.42 Å². The van der Waals surface area contributed by atoms with Crippen molar-refractivity contribution in [2.24, 2.45) is 0 Å². The molecule has 0 amide bonds. The van der Waals surface area contributed by atoms with E-state index in [2.05, 4.69) is 31.0 Å². The molecule has 0 saturated carbocycles. The van der Waals surface area contributed by atoms with E-state index in [0.29, 0.717) is 5.75 Å². The Morgan fingerprint density at radius 3 is 2.24 bits per heavy atom. The molecular formula is C12H28N2O2S. The zero-order valence-electron chi connectivity index (χ0n) is 11.9. The van der Waals surface area contributed by atoms with E-state index in [1.807, 2.05) is 7.05 Å². The molecule has 0 aliphatic heterocycles. The van der Waals surface area contributed by atoms with Gasteiger partial charge in [-0.25, -0.2) is 8.42 Å². The Balaban J connectivity index is 3.64. The highest BCUT2D eigenvalue weighted by Crippen LogP contribution is 1.98. The number of sulfone groups is 1. The predicted molar refractivity (Wildman–Crippen MR) is 74.2 cm³/mol. The van der Waals surface area contributed by atoms with Crippen LogP contribution < -0.4 is 5.32 Å². The molecule has 0 saturated heterocycles. The lowest BCUT2D eigenvalue weighted by atomic mass is 10.1. The molecule has 0 aromatic rings. The molecule has 0 aliphatic rings. The molecule has 0 unspecified atom stereocenters. The topological polar surface area (TPSA) is 49.4 Å². The quantitative estimate of drug-likeness (QED) is 0.714. The molecule has 0 bridgehead atoms. The molecule has 0 aromatic carbocycles. The van der Waals surface area contributed by atoms with Gasteiger partial charge in [0.1, 0.15) is 9.84 Å². The lowest BCUT2D eigenvalue weighted by Gasteiger charge is -2.23. The van der Waals surface area contributed by atoms with E-state index < -0.39 is 9.84 Å². The van der Waals surface area contributed by atoms with Crippen molar-refractivity contribution in [3.05, 3.63) is 0 Å². The van der Waals surface area contributed by atoms with Gasteiger partial charge in [0.25, 0.3) is 0 Å². The van der Waals surface area contributed by atoms with E-state index in [1.54, 1.807) is 6.92 Å². The Morgan fingerprint density at radius 2 is 1.76 bits per heavy atom. The number of nitrogens with one attached hydrogen (secondary N) is 1. The van der Waals surface area contributed by atoms with Gasteiger partial charge in [-0.05, 0) is 40.8 Å². The highest BCUT2D eigenvalue weighted by atomic mass is 32.2. The van der Waals surface area contributed by atoms with Crippen LogP contribution in [0.2, 0.25) is 0 Å². The molecule has 5 heteroatoms. The van der Waals surface area contributed by atoms with E-state index in [1.165, 1.54) is 0 Å². The van der Waals surface area contributed by atoms with Gasteiger partial charge >= 0.3 is 0 Å². The van der Waals surface area contributed by atoms with Crippen molar-refractivity contribution < 1.29 is 8.42 Å². The smallest absolute Gasteiger partial charge is 0.150 e. The second-order valence-corrected chi connectivity index (χ2v) is 8.04. The Morgan fingerprint density at radius 1 is 1.18 bits per heavy atom. The monoisotopic (exact) mass is 264 g/mol. The predicted octanol–water partition coefficient (Wildman–Crippen LogP) is 1.13. The zero-order valence-corrected chi connectivity index (χ0v) is 12.7. The van der Waals surface area contributed by atoms with E-state index in [-0.39, 0.29) is 11.3 Å². The van der Waals surface area contributed by atoms with Gasteiger partial charge in [-0.2, -0.15) is 0 Å². The Bertz CT molecular complexity index is 294. The summed E-state index contributed by atoms with van der Waals surface area (Å²) in [7, 11) is -0.771. The lowest BCUT2D eigenvalue weighted by molar-refractivity contribution is 0.310. The average Bonchev–Trinajstić information content (AvgIpc) is 2.15. The molecule has 0 heterocycles. The SMILES string of the molecule is CCS(=O)(=O)CCCN(C)CCNC(C)(C)C. The van der Waals surface area contributed by atoms with Crippen LogP contribution in [-0.4, -0.2) is 57.0 Å². The van der Waals surface area contributed by atoms with Crippen molar-refractivity contribution in [1.82, 2.24) is 10.2 Å². The Hall–Kier alpha value is -0.130. The molecule has 0 aliphatic carbocycles. The van der Waals surface area contributed by atoms with Gasteiger partial charge in [-0.1, -0.05) is 6.92 Å². The van der Waals surface area contributed by atoms with Gasteiger partial charge in [0.05, 0.1) is 5.75 Å². The molecule has 0 spiro atoms. The average molecular weight is 264 g/mol. The molecule has 0 fully saturated rings. The minimum atomic E-state index is -2.80. The first kappa shape index (κ1) is 16.9. The summed E-state index contributed by atoms with van der Waals surface area (Å²) in [6, 6.07) is 0. The summed E-state index contributed by atoms with van der Waals surface area (Å²) in [5.74, 6) is 0.558. The molecular weight excluding hydrogens is 236 g/mol. The van der Waals surface area contributed by atoms with Crippen LogP contribution in [0.25, 0.3) is 0 Å². The van der Waals surface area contributed by atoms with Crippen LogP contribution in [0.15, 0.2) is 0 Å². The molecule has 17 heavy (non-hydrogen) atoms. The first-order valence-electron chi connectivity index (χ1n) is 6.30. The summed E-state index contributed by atoms with van der Waals surface area (Å²) in [6.07, 6.45) is 0.724. The van der Waals surface area contributed by atoms with Crippen LogP contribution in [0, 0.1) is 0 Å². The van der Waals surface area contributed by atoms with E-state index in [0.717, 1.165) is 26.1 Å². The van der Waals surface area contributed by atoms with Crippen molar-refractivity contribution in [2.75, 3.05) is 38.2 Å². The summed E-state index contributed by atoms with van der Waals surface area (Å²) >= 11 is 0. The fourth-order valence-corrected chi connectivity index (χ4v) is 2.29. The third kappa shape index (κ3) is 10.7. The Kier molecular flexibility index (Phi) is 7.28. The van der Waals surface area contributed by atoms with Crippen LogP contribution in [-0.2, 0) is 9.84 Å². The van der Waals surface area contributed by atoms with Gasteiger partial charge in [-0.15, -0.1) is 0 Å². The van der Waals surface area contributed by atoms with Gasteiger partial charge in [-0.3, -0.25) is 0 Å². The largest absolute Gasteiger partial charge is 0.311 e. The number of rotatable bonds is 8. The van der Waals surface area contributed by atoms with Crippen LogP contribution in [0.4, 0.5) is 0 Å². The third-order valence-corrected chi connectivity index (χ3v) is 4.37. The van der Waals surface area contributed by atoms with Crippen LogP contribution in [0.3, 0.4) is 0 Å². The molecule has 4 nitrogen and oxygen atoms in total. The van der Waals surface area contributed by atoms with Crippen LogP contribution in [0.1, 0.15) is 34.1 Å². The van der Waals surface area contributed by atoms with Gasteiger partial charge in [0.15, 0.2) is 0 Å². The first-order valence-corrected chi connectivity index (χ1v) is 8.12. The van der Waals surface area contributed by atoms with Crippen molar-refractivity contribution in [3.8, 4) is 0 Å². The molecule has 1 N–H and O–H groups in total. The fraction of sp³-hybridized carbons (Fsp3) is 1.00. The molecule has 0 aromatic heterocycles. The maximum absolute atomic E-state index is 11.3. The van der Waals surface area contributed by atoms with Crippen molar-refractivity contribution in [1.29, 1.82) is 0 Å². The second-order valence-electron chi connectivity index (χ2n) is 5.57. The lowest BCUT2D eigenvalue weighted by Crippen LogP contribution is -2.40. The molecule has 0 rings (SSSR count). The van der Waals surface area contributed by atoms with Crippen LogP contribution >= 0.6 is 0 Å². The number of hydrogen-bond acceptors (Lipinski definition) is 4. The third-order valence-electron chi connectivity index (χ3n) is 2.58. The normalized spacial score (nSPS) is 13.3. The minimum absolute atomic E-state index is 0.145. The van der Waals surface area contributed by atoms with E-state index in [4.69, 9.17) is 0 Å². The second kappa shape index (κ2) is 7.34. The molecule has 104 valence electrons. The van der Waals surface area contributed by atoms with Gasteiger partial charge in [0, 0.05) is 24.4 Å². The molecule has 0 radical (unpaired) electrons. The highest BCUT2D eigenvalue weighted by molar-refractivity contribution is 7.91. The van der Waals surface area contributed by atoms with Crippen molar-refractivity contribution >= 4 is 9.84 Å². The number of hydrogen-bond donors (Lipinski definition) is 1. The summed E-state index contributed by atoms with van der Waals surface area (Å²) in [4.78, 5) is 2.17. The number of likely N-dealkylation sites (N-methyl/N-ethyl adjacent to an activating group) is 1. The van der Waals surface area contributed by atoms with E-state index >= 15 is 0 Å². The van der Waals surface area contributed by atoms with Crippen molar-refractivity contribution in [2.45, 2.75) is 39.7 Å². The fourth-order valence-electron chi connectivity index (χ4n) is 1.43. The summed E-state index contributed by atoms with van der Waals surface area (Å²) in [6.45, 7) is 10.8. The van der Waals surface area contributed by atoms with Crippen molar-refractivity contribution in [3.63, 3.8) is 0 Å². The minimum Gasteiger partial charge on any atom is -0.311 e. The van der Waals surface area contributed by atoms with Crippen LogP contribution in [0.5, 0.6) is 0 Å². The van der Waals surface area contributed by atoms with Gasteiger partial charge in [0.2, 0.25) is 0 Å². The Labute approximate surface area is 107 Å². The summed E-state index contributed by atoms with van der Waals surface area (Å²) < 4.78 is 22.6. The maximum Gasteiger partial charge on any atom is 0.150 e. The maximum atomic E-state index is 11.3. The standard InChI is InChI=1S/C12H28N2O2S/c1-6-17(15,16)11-7-9-14(5)10-8-13-12(2,3)4/h13H,6-11H2,1-5H3.